The highest BCUT2D eigenvalue weighted by molar-refractivity contribution is 8.19. The Bertz CT molecular complexity index is 1570. The van der Waals surface area contributed by atoms with Crippen LogP contribution < -0.4 is 15.0 Å². The van der Waals surface area contributed by atoms with Crippen LogP contribution in [0.1, 0.15) is 36.5 Å². The van der Waals surface area contributed by atoms with Crippen molar-refractivity contribution in [3.05, 3.63) is 93.2 Å². The average molecular weight is 614 g/mol. The summed E-state index contributed by atoms with van der Waals surface area (Å²) in [6, 6.07) is 23.7. The molecule has 0 bridgehead atoms. The minimum absolute atomic E-state index is 0.0360. The Morgan fingerprint density at radius 2 is 1.95 bits per heavy atom. The highest BCUT2D eigenvalue weighted by Gasteiger charge is 2.36. The lowest BCUT2D eigenvalue weighted by molar-refractivity contribution is -0.122. The van der Waals surface area contributed by atoms with Crippen molar-refractivity contribution in [3.63, 3.8) is 0 Å². The molecule has 0 atom stereocenters. The molecule has 5 rings (SSSR count). The van der Waals surface area contributed by atoms with Gasteiger partial charge in [-0.25, -0.2) is 0 Å². The number of thioether (sulfide) groups is 2. The third kappa shape index (κ3) is 7.36. The van der Waals surface area contributed by atoms with Crippen LogP contribution in [0.5, 0.6) is 5.75 Å². The second-order valence-corrected chi connectivity index (χ2v) is 12.3. The number of carbonyl (C=O) groups is 1. The Hall–Kier alpha value is -3.91. The van der Waals surface area contributed by atoms with Crippen LogP contribution in [-0.4, -0.2) is 54.4 Å². The van der Waals surface area contributed by atoms with E-state index in [2.05, 4.69) is 23.3 Å². The lowest BCUT2D eigenvalue weighted by atomic mass is 10.1. The number of nitriles is 1. The number of hydrogen-bond acceptors (Lipinski definition) is 9. The zero-order valence-electron chi connectivity index (χ0n) is 24.4. The van der Waals surface area contributed by atoms with Crippen LogP contribution in [0.2, 0.25) is 0 Å². The summed E-state index contributed by atoms with van der Waals surface area (Å²) >= 11 is 3.07. The smallest absolute Gasteiger partial charge is 0.267 e. The summed E-state index contributed by atoms with van der Waals surface area (Å²) in [5, 5.41) is 22.7. The number of benzene rings is 3. The monoisotopic (exact) mass is 613 g/mol. The molecule has 0 saturated carbocycles. The van der Waals surface area contributed by atoms with E-state index in [-0.39, 0.29) is 19.1 Å². The predicted octanol–water partition coefficient (Wildman–Crippen LogP) is 6.23. The van der Waals surface area contributed by atoms with Gasteiger partial charge >= 0.3 is 0 Å². The molecule has 1 fully saturated rings. The number of fused-ring (bicyclic) bond motifs is 1. The molecule has 10 heteroatoms. The van der Waals surface area contributed by atoms with Crippen LogP contribution in [0, 0.1) is 11.3 Å². The van der Waals surface area contributed by atoms with Gasteiger partial charge in [-0.05, 0) is 73.0 Å². The summed E-state index contributed by atoms with van der Waals surface area (Å²) in [6.07, 6.45) is 1.68. The lowest BCUT2D eigenvalue weighted by Crippen LogP contribution is -2.29. The first-order chi connectivity index (χ1) is 21.0. The Balaban J connectivity index is 1.50. The minimum atomic E-state index is -0.0409. The number of amides is 1. The number of allylic oxidation sites excluding steroid dienone is 1. The molecule has 2 heterocycles. The Kier molecular flexibility index (Phi) is 10.3. The molecule has 8 nitrogen and oxygen atoms in total. The van der Waals surface area contributed by atoms with Gasteiger partial charge in [0.1, 0.15) is 12.4 Å². The standard InChI is InChI=1S/C33H35N5O3S2/c1-3-35-27-13-11-24(20-34)18-25(27)21-36-33-38(22-23-8-5-4-6-9-23)32(40)31(43-33)30-10-7-15-37(2)28-19-26(41-17-16-39)12-14-29(28)42-30/h4-6,8-9,11-14,18-19,35,39H,3,7,10,15-17,21-22H2,1-2H3/b31-30-,36-33?. The molecule has 3 aromatic carbocycles. The summed E-state index contributed by atoms with van der Waals surface area (Å²) in [5.74, 6) is 0.674. The lowest BCUT2D eigenvalue weighted by Gasteiger charge is -2.26. The van der Waals surface area contributed by atoms with Crippen molar-refractivity contribution in [3.8, 4) is 11.8 Å². The number of nitrogens with one attached hydrogen (secondary N) is 1. The van der Waals surface area contributed by atoms with Crippen LogP contribution >= 0.6 is 23.5 Å². The van der Waals surface area contributed by atoms with Gasteiger partial charge in [0.25, 0.3) is 5.91 Å². The fourth-order valence-corrected chi connectivity index (χ4v) is 7.36. The van der Waals surface area contributed by atoms with Crippen molar-refractivity contribution in [1.82, 2.24) is 4.90 Å². The van der Waals surface area contributed by atoms with Gasteiger partial charge in [-0.1, -0.05) is 42.1 Å². The quantitative estimate of drug-likeness (QED) is 0.274. The van der Waals surface area contributed by atoms with Crippen LogP contribution in [0.25, 0.3) is 0 Å². The number of aliphatic hydroxyl groups excluding tert-OH is 1. The van der Waals surface area contributed by atoms with Gasteiger partial charge in [0, 0.05) is 41.7 Å². The van der Waals surface area contributed by atoms with Gasteiger partial charge in [0.2, 0.25) is 0 Å². The number of ether oxygens (including phenoxy) is 1. The van der Waals surface area contributed by atoms with Crippen LogP contribution in [0.3, 0.4) is 0 Å². The van der Waals surface area contributed by atoms with Crippen LogP contribution in [0.15, 0.2) is 86.4 Å². The first kappa shape index (κ1) is 30.5. The molecular weight excluding hydrogens is 579 g/mol. The molecule has 43 heavy (non-hydrogen) atoms. The minimum Gasteiger partial charge on any atom is -0.491 e. The Labute approximate surface area is 261 Å². The van der Waals surface area contributed by atoms with Crippen molar-refractivity contribution in [2.24, 2.45) is 4.99 Å². The number of rotatable bonds is 9. The zero-order chi connectivity index (χ0) is 30.2. The van der Waals surface area contributed by atoms with E-state index < -0.39 is 0 Å². The van der Waals surface area contributed by atoms with E-state index >= 15 is 0 Å². The fraction of sp³-hybridized carbons (Fsp3) is 0.303. The molecule has 0 spiro atoms. The molecule has 2 N–H and O–H groups in total. The van der Waals surface area contributed by atoms with Crippen molar-refractivity contribution in [1.29, 1.82) is 5.26 Å². The fourth-order valence-electron chi connectivity index (χ4n) is 4.98. The topological polar surface area (TPSA) is 101 Å². The van der Waals surface area contributed by atoms with Gasteiger partial charge in [-0.2, -0.15) is 5.26 Å². The number of anilines is 2. The number of aliphatic hydroxyl groups is 1. The number of carbonyl (C=O) groups excluding carboxylic acids is 1. The molecule has 3 aromatic rings. The molecule has 222 valence electrons. The van der Waals surface area contributed by atoms with E-state index in [4.69, 9.17) is 9.73 Å². The van der Waals surface area contributed by atoms with E-state index in [1.165, 1.54) is 11.8 Å². The van der Waals surface area contributed by atoms with Crippen LogP contribution in [0.4, 0.5) is 11.4 Å². The van der Waals surface area contributed by atoms with Crippen LogP contribution in [-0.2, 0) is 17.9 Å². The predicted molar refractivity (Wildman–Crippen MR) is 175 cm³/mol. The number of hydrogen-bond donors (Lipinski definition) is 2. The third-order valence-electron chi connectivity index (χ3n) is 7.12. The number of aliphatic imine (C=N–C) groups is 1. The second kappa shape index (κ2) is 14.5. The Morgan fingerprint density at radius 1 is 1.12 bits per heavy atom. The maximum Gasteiger partial charge on any atom is 0.267 e. The summed E-state index contributed by atoms with van der Waals surface area (Å²) in [5.41, 5.74) is 4.50. The van der Waals surface area contributed by atoms with Crippen molar-refractivity contribution in [2.45, 2.75) is 37.8 Å². The summed E-state index contributed by atoms with van der Waals surface area (Å²) in [6.45, 7) is 4.60. The van der Waals surface area contributed by atoms with Gasteiger partial charge in [-0.15, -0.1) is 0 Å². The van der Waals surface area contributed by atoms with Crippen molar-refractivity contribution >= 4 is 46.0 Å². The maximum absolute atomic E-state index is 14.1. The highest BCUT2D eigenvalue weighted by atomic mass is 32.2. The largest absolute Gasteiger partial charge is 0.491 e. The van der Waals surface area contributed by atoms with E-state index in [9.17, 15) is 15.2 Å². The molecule has 0 aliphatic carbocycles. The second-order valence-electron chi connectivity index (χ2n) is 10.2. The van der Waals surface area contributed by atoms with Crippen molar-refractivity contribution < 1.29 is 14.6 Å². The summed E-state index contributed by atoms with van der Waals surface area (Å²) < 4.78 is 5.67. The molecule has 1 saturated heterocycles. The molecule has 1 amide bonds. The molecule has 0 radical (unpaired) electrons. The van der Waals surface area contributed by atoms with E-state index in [0.29, 0.717) is 34.5 Å². The van der Waals surface area contributed by atoms with Gasteiger partial charge < -0.3 is 20.1 Å². The van der Waals surface area contributed by atoms with E-state index in [1.807, 2.05) is 67.6 Å². The number of amidine groups is 1. The van der Waals surface area contributed by atoms with Crippen molar-refractivity contribution in [2.75, 3.05) is 43.6 Å². The third-order valence-corrected chi connectivity index (χ3v) is 9.63. The molecule has 2 aliphatic rings. The van der Waals surface area contributed by atoms with Gasteiger partial charge in [-0.3, -0.25) is 14.7 Å². The number of nitrogens with zero attached hydrogens (tertiary/aromatic N) is 4. The molecule has 0 aromatic heterocycles. The first-order valence-electron chi connectivity index (χ1n) is 14.4. The molecule has 2 aliphatic heterocycles. The van der Waals surface area contributed by atoms with Gasteiger partial charge in [0.15, 0.2) is 5.17 Å². The van der Waals surface area contributed by atoms with Gasteiger partial charge in [0.05, 0.1) is 41.9 Å². The van der Waals surface area contributed by atoms with E-state index in [0.717, 1.165) is 58.2 Å². The first-order valence-corrected chi connectivity index (χ1v) is 16.0. The SMILES string of the molecule is CCNc1ccc(C#N)cc1CN=C1S/C(=C2/CCCN(C)c3cc(OCCO)ccc3S2)C(=O)N1Cc1ccccc1. The Morgan fingerprint density at radius 3 is 2.72 bits per heavy atom. The molecule has 0 unspecified atom stereocenters. The summed E-state index contributed by atoms with van der Waals surface area (Å²) in [7, 11) is 2.07. The average Bonchev–Trinajstić information content (AvgIpc) is 3.33. The zero-order valence-corrected chi connectivity index (χ0v) is 26.0. The van der Waals surface area contributed by atoms with E-state index in [1.54, 1.807) is 22.7 Å². The summed E-state index contributed by atoms with van der Waals surface area (Å²) in [4.78, 5) is 25.9. The molecular formula is C33H35N5O3S2. The maximum atomic E-state index is 14.1. The normalized spacial score (nSPS) is 17.8. The highest BCUT2D eigenvalue weighted by Crippen LogP contribution is 2.46.